The van der Waals surface area contributed by atoms with E-state index >= 15 is 0 Å². The first-order chi connectivity index (χ1) is 11.2. The second kappa shape index (κ2) is 5.96. The Hall–Kier alpha value is -0.650. The van der Waals surface area contributed by atoms with Crippen LogP contribution in [0.25, 0.3) is 0 Å². The van der Waals surface area contributed by atoms with Gasteiger partial charge in [0.25, 0.3) is 5.89 Å². The number of piperidine rings is 1. The van der Waals surface area contributed by atoms with Crippen LogP contribution in [0.2, 0.25) is 0 Å². The van der Waals surface area contributed by atoms with Crippen molar-refractivity contribution in [2.75, 3.05) is 20.2 Å². The Balaban J connectivity index is 0.00000146. The molecule has 0 amide bonds. The molecule has 0 aromatic carbocycles. The van der Waals surface area contributed by atoms with E-state index in [1.54, 1.807) is 7.11 Å². The molecule has 4 bridgehead atoms. The van der Waals surface area contributed by atoms with Crippen molar-refractivity contribution in [2.45, 2.75) is 62.4 Å². The standard InChI is InChI=1S/C18H27N3O2.ClH/c1-22-18(2-4-19-5-3-18)16-20-15(21-23-16)17-9-12-6-13(10-17)8-14(7-12)11-17;/h12-14,19H,2-11H2,1H3;1H. The first-order valence-corrected chi connectivity index (χ1v) is 9.32. The molecule has 6 heteroatoms. The summed E-state index contributed by atoms with van der Waals surface area (Å²) in [5.74, 6) is 4.41. The van der Waals surface area contributed by atoms with Crippen molar-refractivity contribution >= 4 is 12.4 Å². The van der Waals surface area contributed by atoms with Gasteiger partial charge in [-0.15, -0.1) is 12.4 Å². The van der Waals surface area contributed by atoms with E-state index in [0.717, 1.165) is 49.5 Å². The number of nitrogens with one attached hydrogen (secondary N) is 1. The Labute approximate surface area is 149 Å². The molecule has 4 saturated carbocycles. The Morgan fingerprint density at radius 1 is 1.04 bits per heavy atom. The van der Waals surface area contributed by atoms with Gasteiger partial charge in [0.2, 0.25) is 0 Å². The summed E-state index contributed by atoms with van der Waals surface area (Å²) in [5.41, 5.74) is -0.170. The van der Waals surface area contributed by atoms with Crippen LogP contribution in [-0.2, 0) is 15.8 Å². The number of hydrogen-bond acceptors (Lipinski definition) is 5. The summed E-state index contributed by atoms with van der Waals surface area (Å²) in [5, 5.41) is 7.88. The van der Waals surface area contributed by atoms with Crippen LogP contribution in [0, 0.1) is 17.8 Å². The third-order valence-electron chi connectivity index (χ3n) is 7.13. The first kappa shape index (κ1) is 16.8. The summed E-state index contributed by atoms with van der Waals surface area (Å²) in [6.45, 7) is 1.89. The third-order valence-corrected chi connectivity index (χ3v) is 7.13. The lowest BCUT2D eigenvalue weighted by molar-refractivity contribution is -0.0622. The minimum Gasteiger partial charge on any atom is -0.368 e. The molecule has 1 aromatic heterocycles. The largest absolute Gasteiger partial charge is 0.368 e. The van der Waals surface area contributed by atoms with Gasteiger partial charge in [0.05, 0.1) is 0 Å². The monoisotopic (exact) mass is 353 g/mol. The van der Waals surface area contributed by atoms with Gasteiger partial charge in [-0.25, -0.2) is 0 Å². The molecule has 5 aliphatic rings. The molecule has 0 atom stereocenters. The van der Waals surface area contributed by atoms with Crippen molar-refractivity contribution in [1.82, 2.24) is 15.5 Å². The predicted octanol–water partition coefficient (Wildman–Crippen LogP) is 3.18. The highest BCUT2D eigenvalue weighted by Crippen LogP contribution is 2.60. The van der Waals surface area contributed by atoms with Crippen molar-refractivity contribution < 1.29 is 9.26 Å². The van der Waals surface area contributed by atoms with Gasteiger partial charge in [-0.05, 0) is 82.2 Å². The maximum atomic E-state index is 5.86. The molecule has 0 radical (unpaired) electrons. The molecular weight excluding hydrogens is 326 g/mol. The zero-order chi connectivity index (χ0) is 15.5. The molecule has 1 saturated heterocycles. The van der Waals surface area contributed by atoms with Crippen LogP contribution in [0.5, 0.6) is 0 Å². The topological polar surface area (TPSA) is 60.2 Å². The Bertz CT molecular complexity index is 562. The summed E-state index contributed by atoms with van der Waals surface area (Å²) >= 11 is 0. The maximum Gasteiger partial charge on any atom is 0.258 e. The number of ether oxygens (including phenoxy) is 1. The van der Waals surface area contributed by atoms with Crippen LogP contribution in [-0.4, -0.2) is 30.3 Å². The summed E-state index contributed by atoms with van der Waals surface area (Å²) < 4.78 is 11.6. The van der Waals surface area contributed by atoms with Gasteiger partial charge in [0, 0.05) is 12.5 Å². The first-order valence-electron chi connectivity index (χ1n) is 9.32. The summed E-state index contributed by atoms with van der Waals surface area (Å²) in [6.07, 6.45) is 9.98. The van der Waals surface area contributed by atoms with Gasteiger partial charge in [-0.3, -0.25) is 0 Å². The highest BCUT2D eigenvalue weighted by Gasteiger charge is 2.54. The molecule has 6 rings (SSSR count). The van der Waals surface area contributed by atoms with Crippen LogP contribution in [0.4, 0.5) is 0 Å². The number of methoxy groups -OCH3 is 1. The molecular formula is C18H28ClN3O2. The smallest absolute Gasteiger partial charge is 0.258 e. The lowest BCUT2D eigenvalue weighted by Gasteiger charge is -2.55. The third kappa shape index (κ3) is 2.43. The predicted molar refractivity (Wildman–Crippen MR) is 92.2 cm³/mol. The van der Waals surface area contributed by atoms with Crippen LogP contribution >= 0.6 is 12.4 Å². The van der Waals surface area contributed by atoms with Crippen LogP contribution in [0.15, 0.2) is 4.52 Å². The molecule has 1 aliphatic heterocycles. The fraction of sp³-hybridized carbons (Fsp3) is 0.889. The molecule has 0 spiro atoms. The van der Waals surface area contributed by atoms with Crippen molar-refractivity contribution in [3.05, 3.63) is 11.7 Å². The SMILES string of the molecule is COC1(c2nc(C34CC5CC(CC(C5)C3)C4)no2)CCNCC1.Cl. The van der Waals surface area contributed by atoms with Crippen molar-refractivity contribution in [2.24, 2.45) is 17.8 Å². The Morgan fingerprint density at radius 3 is 2.17 bits per heavy atom. The normalized spacial score (nSPS) is 39.6. The summed E-state index contributed by atoms with van der Waals surface area (Å²) in [7, 11) is 1.78. The maximum absolute atomic E-state index is 5.86. The number of hydrogen-bond donors (Lipinski definition) is 1. The van der Waals surface area contributed by atoms with Gasteiger partial charge in [-0.2, -0.15) is 4.98 Å². The van der Waals surface area contributed by atoms with E-state index in [2.05, 4.69) is 10.5 Å². The van der Waals surface area contributed by atoms with E-state index < -0.39 is 0 Å². The molecule has 5 nitrogen and oxygen atoms in total. The van der Waals surface area contributed by atoms with E-state index in [-0.39, 0.29) is 23.4 Å². The van der Waals surface area contributed by atoms with Crippen molar-refractivity contribution in [3.8, 4) is 0 Å². The molecule has 1 N–H and O–H groups in total. The zero-order valence-corrected chi connectivity index (χ0v) is 15.2. The molecule has 0 unspecified atom stereocenters. The lowest BCUT2D eigenvalue weighted by atomic mass is 9.49. The zero-order valence-electron chi connectivity index (χ0n) is 14.4. The number of nitrogens with zero attached hydrogens (tertiary/aromatic N) is 2. The van der Waals surface area contributed by atoms with Crippen LogP contribution < -0.4 is 5.32 Å². The molecule has 2 heterocycles. The molecule has 4 aliphatic carbocycles. The number of rotatable bonds is 3. The number of halogens is 1. The minimum atomic E-state index is -0.376. The van der Waals surface area contributed by atoms with Gasteiger partial charge >= 0.3 is 0 Å². The van der Waals surface area contributed by atoms with E-state index in [4.69, 9.17) is 14.2 Å². The van der Waals surface area contributed by atoms with E-state index in [0.29, 0.717) is 5.89 Å². The average Bonchev–Trinajstić information content (AvgIpc) is 3.06. The second-order valence-corrected chi connectivity index (χ2v) is 8.57. The van der Waals surface area contributed by atoms with E-state index in [9.17, 15) is 0 Å². The molecule has 5 fully saturated rings. The van der Waals surface area contributed by atoms with Gasteiger partial charge < -0.3 is 14.6 Å². The minimum absolute atomic E-state index is 0. The lowest BCUT2D eigenvalue weighted by Crippen LogP contribution is -2.49. The van der Waals surface area contributed by atoms with Crippen molar-refractivity contribution in [3.63, 3.8) is 0 Å². The summed E-state index contributed by atoms with van der Waals surface area (Å²) in [6, 6.07) is 0. The Kier molecular flexibility index (Phi) is 4.17. The van der Waals surface area contributed by atoms with Crippen LogP contribution in [0.3, 0.4) is 0 Å². The average molecular weight is 354 g/mol. The van der Waals surface area contributed by atoms with Gasteiger partial charge in [0.15, 0.2) is 5.82 Å². The van der Waals surface area contributed by atoms with Gasteiger partial charge in [-0.1, -0.05) is 5.16 Å². The van der Waals surface area contributed by atoms with Crippen LogP contribution in [0.1, 0.15) is 63.1 Å². The van der Waals surface area contributed by atoms with Crippen molar-refractivity contribution in [1.29, 1.82) is 0 Å². The quantitative estimate of drug-likeness (QED) is 0.904. The fourth-order valence-corrected chi connectivity index (χ4v) is 6.34. The fourth-order valence-electron chi connectivity index (χ4n) is 6.34. The molecule has 134 valence electrons. The summed E-state index contributed by atoms with van der Waals surface area (Å²) in [4.78, 5) is 4.94. The second-order valence-electron chi connectivity index (χ2n) is 8.57. The number of aromatic nitrogens is 2. The Morgan fingerprint density at radius 2 is 1.62 bits per heavy atom. The highest BCUT2D eigenvalue weighted by atomic mass is 35.5. The van der Waals surface area contributed by atoms with E-state index in [1.165, 1.54) is 38.5 Å². The highest BCUT2D eigenvalue weighted by molar-refractivity contribution is 5.85. The van der Waals surface area contributed by atoms with E-state index in [1.807, 2.05) is 0 Å². The molecule has 24 heavy (non-hydrogen) atoms. The van der Waals surface area contributed by atoms with Gasteiger partial charge in [0.1, 0.15) is 5.60 Å². The molecule has 1 aromatic rings.